The van der Waals surface area contributed by atoms with Gasteiger partial charge in [0.15, 0.2) is 0 Å². The zero-order chi connectivity index (χ0) is 10.5. The first-order valence-corrected chi connectivity index (χ1v) is 6.61. The van der Waals surface area contributed by atoms with E-state index >= 15 is 0 Å². The summed E-state index contributed by atoms with van der Waals surface area (Å²) in [7, 11) is 2.26. The second kappa shape index (κ2) is 3.46. The number of rotatable bonds is 2. The summed E-state index contributed by atoms with van der Waals surface area (Å²) in [6.45, 7) is 0. The molecule has 2 saturated heterocycles. The first kappa shape index (κ1) is 10.1. The van der Waals surface area contributed by atoms with Gasteiger partial charge in [-0.1, -0.05) is 19.3 Å². The number of aliphatic hydroxyl groups is 1. The van der Waals surface area contributed by atoms with Gasteiger partial charge in [0.1, 0.15) is 0 Å². The molecule has 2 heteroatoms. The lowest BCUT2D eigenvalue weighted by Gasteiger charge is -2.50. The van der Waals surface area contributed by atoms with E-state index in [0.29, 0.717) is 12.1 Å². The zero-order valence-electron chi connectivity index (χ0n) is 9.78. The first-order valence-electron chi connectivity index (χ1n) is 6.61. The third kappa shape index (κ3) is 1.94. The van der Waals surface area contributed by atoms with Crippen molar-refractivity contribution < 1.29 is 5.11 Å². The summed E-state index contributed by atoms with van der Waals surface area (Å²) >= 11 is 0. The van der Waals surface area contributed by atoms with Crippen molar-refractivity contribution >= 4 is 0 Å². The Morgan fingerprint density at radius 3 is 2.27 bits per heavy atom. The van der Waals surface area contributed by atoms with Crippen molar-refractivity contribution in [3.8, 4) is 0 Å². The van der Waals surface area contributed by atoms with Gasteiger partial charge in [0.05, 0.1) is 5.60 Å². The highest BCUT2D eigenvalue weighted by molar-refractivity contribution is 5.00. The van der Waals surface area contributed by atoms with Crippen LogP contribution in [0.1, 0.15) is 51.4 Å². The number of hydrogen-bond acceptors (Lipinski definition) is 2. The van der Waals surface area contributed by atoms with Gasteiger partial charge >= 0.3 is 0 Å². The number of hydrogen-bond donors (Lipinski definition) is 1. The smallest absolute Gasteiger partial charge is 0.0680 e. The molecule has 2 aliphatic heterocycles. The van der Waals surface area contributed by atoms with E-state index in [1.54, 1.807) is 0 Å². The van der Waals surface area contributed by atoms with Crippen LogP contribution < -0.4 is 0 Å². The van der Waals surface area contributed by atoms with Crippen LogP contribution in [0.5, 0.6) is 0 Å². The van der Waals surface area contributed by atoms with Gasteiger partial charge in [0.25, 0.3) is 0 Å². The summed E-state index contributed by atoms with van der Waals surface area (Å²) in [5.41, 5.74) is -0.302. The molecule has 3 aliphatic rings. The van der Waals surface area contributed by atoms with Crippen LogP contribution in [0.25, 0.3) is 0 Å². The predicted octanol–water partition coefficient (Wildman–Crippen LogP) is 2.16. The van der Waals surface area contributed by atoms with Gasteiger partial charge in [-0.3, -0.25) is 0 Å². The summed E-state index contributed by atoms with van der Waals surface area (Å²) in [5, 5.41) is 10.7. The fraction of sp³-hybridized carbons (Fsp3) is 1.00. The Balaban J connectivity index is 1.71. The van der Waals surface area contributed by atoms with Crippen LogP contribution in [0.2, 0.25) is 0 Å². The normalized spacial score (nSPS) is 46.8. The van der Waals surface area contributed by atoms with Crippen molar-refractivity contribution in [3.63, 3.8) is 0 Å². The van der Waals surface area contributed by atoms with Gasteiger partial charge in [0.2, 0.25) is 0 Å². The van der Waals surface area contributed by atoms with E-state index in [0.717, 1.165) is 25.2 Å². The topological polar surface area (TPSA) is 23.5 Å². The second-order valence-electron chi connectivity index (χ2n) is 6.18. The molecule has 0 amide bonds. The molecule has 1 N–H and O–H groups in total. The number of nitrogens with zero attached hydrogens (tertiary/aromatic N) is 1. The Morgan fingerprint density at radius 2 is 1.73 bits per heavy atom. The molecule has 2 nitrogen and oxygen atoms in total. The van der Waals surface area contributed by atoms with Crippen molar-refractivity contribution in [2.24, 2.45) is 5.92 Å². The lowest BCUT2D eigenvalue weighted by molar-refractivity contribution is -0.0895. The molecule has 2 heterocycles. The molecule has 86 valence electrons. The van der Waals surface area contributed by atoms with Gasteiger partial charge in [0, 0.05) is 12.1 Å². The quantitative estimate of drug-likeness (QED) is 0.753. The summed E-state index contributed by atoms with van der Waals surface area (Å²) in [4.78, 5) is 2.53. The van der Waals surface area contributed by atoms with E-state index in [9.17, 15) is 5.11 Å². The van der Waals surface area contributed by atoms with Crippen LogP contribution in [0.4, 0.5) is 0 Å². The maximum absolute atomic E-state index is 10.7. The summed E-state index contributed by atoms with van der Waals surface area (Å²) < 4.78 is 0. The van der Waals surface area contributed by atoms with Crippen molar-refractivity contribution in [3.05, 3.63) is 0 Å². The van der Waals surface area contributed by atoms with E-state index in [1.807, 2.05) is 0 Å². The lowest BCUT2D eigenvalue weighted by Crippen LogP contribution is -2.56. The molecule has 1 aliphatic carbocycles. The Labute approximate surface area is 92.7 Å². The predicted molar refractivity (Wildman–Crippen MR) is 60.7 cm³/mol. The standard InChI is InChI=1S/C13H23NO/c1-14-11-3-2-4-12(14)9-13(15,8-11)7-10-5-6-10/h10-12,15H,2-9H2,1H3. The van der Waals surface area contributed by atoms with Crippen molar-refractivity contribution in [1.82, 2.24) is 4.90 Å². The first-order chi connectivity index (χ1) is 7.16. The van der Waals surface area contributed by atoms with Crippen LogP contribution >= 0.6 is 0 Å². The minimum Gasteiger partial charge on any atom is -0.390 e. The van der Waals surface area contributed by atoms with E-state index < -0.39 is 0 Å². The van der Waals surface area contributed by atoms with E-state index in [1.165, 1.54) is 32.1 Å². The molecule has 3 rings (SSSR count). The fourth-order valence-electron chi connectivity index (χ4n) is 3.77. The highest BCUT2D eigenvalue weighted by atomic mass is 16.3. The minimum absolute atomic E-state index is 0.302. The molecule has 2 bridgehead atoms. The van der Waals surface area contributed by atoms with Crippen LogP contribution in [0.15, 0.2) is 0 Å². The van der Waals surface area contributed by atoms with Gasteiger partial charge in [-0.15, -0.1) is 0 Å². The lowest BCUT2D eigenvalue weighted by atomic mass is 9.74. The monoisotopic (exact) mass is 209 g/mol. The highest BCUT2D eigenvalue weighted by Gasteiger charge is 2.45. The molecule has 1 saturated carbocycles. The average molecular weight is 209 g/mol. The molecule has 0 radical (unpaired) electrons. The van der Waals surface area contributed by atoms with Gasteiger partial charge in [-0.25, -0.2) is 0 Å². The van der Waals surface area contributed by atoms with E-state index in [2.05, 4.69) is 11.9 Å². The Hall–Kier alpha value is -0.0800. The Kier molecular flexibility index (Phi) is 2.33. The maximum atomic E-state index is 10.7. The molecule has 0 aromatic rings. The third-order valence-corrected chi connectivity index (χ3v) is 4.82. The minimum atomic E-state index is -0.302. The second-order valence-corrected chi connectivity index (χ2v) is 6.18. The van der Waals surface area contributed by atoms with E-state index in [4.69, 9.17) is 0 Å². The van der Waals surface area contributed by atoms with Crippen LogP contribution in [-0.2, 0) is 0 Å². The van der Waals surface area contributed by atoms with Crippen LogP contribution in [0, 0.1) is 5.92 Å². The molecular formula is C13H23NO. The molecule has 0 aromatic heterocycles. The summed E-state index contributed by atoms with van der Waals surface area (Å²) in [6, 6.07) is 1.34. The maximum Gasteiger partial charge on any atom is 0.0680 e. The molecule has 3 fully saturated rings. The van der Waals surface area contributed by atoms with Gasteiger partial charge in [-0.2, -0.15) is 0 Å². The number of piperidine rings is 2. The van der Waals surface area contributed by atoms with Crippen LogP contribution in [0.3, 0.4) is 0 Å². The highest BCUT2D eigenvalue weighted by Crippen LogP contribution is 2.45. The molecular weight excluding hydrogens is 186 g/mol. The molecule has 2 atom stereocenters. The van der Waals surface area contributed by atoms with E-state index in [-0.39, 0.29) is 5.60 Å². The van der Waals surface area contributed by atoms with Crippen molar-refractivity contribution in [1.29, 1.82) is 0 Å². The Bertz CT molecular complexity index is 235. The summed E-state index contributed by atoms with van der Waals surface area (Å²) in [6.07, 6.45) is 9.89. The number of fused-ring (bicyclic) bond motifs is 2. The molecule has 0 spiro atoms. The SMILES string of the molecule is CN1C2CCCC1CC(O)(CC1CC1)C2. The molecule has 2 unspecified atom stereocenters. The van der Waals surface area contributed by atoms with Crippen LogP contribution in [-0.4, -0.2) is 34.7 Å². The van der Waals surface area contributed by atoms with Gasteiger partial charge < -0.3 is 10.0 Å². The van der Waals surface area contributed by atoms with Crippen molar-refractivity contribution in [2.45, 2.75) is 69.1 Å². The van der Waals surface area contributed by atoms with Gasteiger partial charge in [-0.05, 0) is 45.1 Å². The fourth-order valence-corrected chi connectivity index (χ4v) is 3.77. The van der Waals surface area contributed by atoms with Crippen molar-refractivity contribution in [2.75, 3.05) is 7.05 Å². The largest absolute Gasteiger partial charge is 0.390 e. The third-order valence-electron chi connectivity index (χ3n) is 4.82. The zero-order valence-corrected chi connectivity index (χ0v) is 9.78. The molecule has 15 heavy (non-hydrogen) atoms. The average Bonchev–Trinajstić information content (AvgIpc) is 2.92. The summed E-state index contributed by atoms with van der Waals surface area (Å²) in [5.74, 6) is 0.860. The Morgan fingerprint density at radius 1 is 1.13 bits per heavy atom. The molecule has 0 aromatic carbocycles.